The molecule has 0 saturated carbocycles. The third-order valence-corrected chi connectivity index (χ3v) is 3.58. The number of nitrogens with one attached hydrogen (secondary N) is 2. The molecule has 0 radical (unpaired) electrons. The lowest BCUT2D eigenvalue weighted by Gasteiger charge is -2.19. The summed E-state index contributed by atoms with van der Waals surface area (Å²) >= 11 is 5.48. The van der Waals surface area contributed by atoms with Gasteiger partial charge in [0.15, 0.2) is 0 Å². The summed E-state index contributed by atoms with van der Waals surface area (Å²) in [5.74, 6) is -0.644. The molecular weight excluding hydrogens is 231 g/mol. The summed E-state index contributed by atoms with van der Waals surface area (Å²) in [4.78, 5) is -0.0323. The van der Waals surface area contributed by atoms with Crippen LogP contribution in [-0.4, -0.2) is 15.1 Å². The summed E-state index contributed by atoms with van der Waals surface area (Å²) in [5, 5.41) is 2.49. The topological polar surface area (TPSA) is 58.2 Å². The fraction of sp³-hybridized carbons (Fsp3) is 0.143. The van der Waals surface area contributed by atoms with Crippen LogP contribution in [0.15, 0.2) is 17.0 Å². The number of hydrogen-bond donors (Lipinski definition) is 2. The summed E-state index contributed by atoms with van der Waals surface area (Å²) in [7, 11) is -3.54. The average molecular weight is 237 g/mol. The van der Waals surface area contributed by atoms with Gasteiger partial charge < -0.3 is 5.32 Å². The lowest BCUT2D eigenvalue weighted by atomic mass is 10.3. The molecule has 76 valence electrons. The molecular formula is C7H6ClFN2O2S. The summed E-state index contributed by atoms with van der Waals surface area (Å²) in [6.07, 6.45) is 0. The Labute approximate surface area is 85.1 Å². The average Bonchev–Trinajstić information content (AvgIpc) is 2.08. The quantitative estimate of drug-likeness (QED) is 0.710. The van der Waals surface area contributed by atoms with Crippen molar-refractivity contribution in [3.8, 4) is 0 Å². The summed E-state index contributed by atoms with van der Waals surface area (Å²) < 4.78 is 38.0. The van der Waals surface area contributed by atoms with Gasteiger partial charge in [-0.1, -0.05) is 11.6 Å². The molecule has 0 spiro atoms. The number of halogens is 2. The molecule has 0 aliphatic carbocycles. The van der Waals surface area contributed by atoms with E-state index < -0.39 is 15.8 Å². The molecule has 0 unspecified atom stereocenters. The third-order valence-electron chi connectivity index (χ3n) is 1.85. The molecule has 4 nitrogen and oxygen atoms in total. The van der Waals surface area contributed by atoms with Crippen LogP contribution >= 0.6 is 11.6 Å². The van der Waals surface area contributed by atoms with Crippen LogP contribution in [0.5, 0.6) is 0 Å². The van der Waals surface area contributed by atoms with E-state index in [2.05, 4.69) is 10.0 Å². The van der Waals surface area contributed by atoms with Gasteiger partial charge in [-0.25, -0.2) is 12.8 Å². The van der Waals surface area contributed by atoms with Crippen LogP contribution in [0.1, 0.15) is 0 Å². The monoisotopic (exact) mass is 236 g/mol. The molecule has 7 heteroatoms. The van der Waals surface area contributed by atoms with Gasteiger partial charge in [-0.2, -0.15) is 4.72 Å². The zero-order chi connectivity index (χ0) is 10.3. The summed E-state index contributed by atoms with van der Waals surface area (Å²) in [6.45, 7) is 0.0520. The van der Waals surface area contributed by atoms with Gasteiger partial charge in [-0.15, -0.1) is 0 Å². The SMILES string of the molecule is O=S1(=O)NCNc2cc(F)c(Cl)cc21. The van der Waals surface area contributed by atoms with E-state index in [9.17, 15) is 12.8 Å². The van der Waals surface area contributed by atoms with Crippen LogP contribution in [0, 0.1) is 5.82 Å². The first-order valence-corrected chi connectivity index (χ1v) is 5.59. The lowest BCUT2D eigenvalue weighted by Crippen LogP contribution is -2.34. The first-order chi connectivity index (χ1) is 6.50. The van der Waals surface area contributed by atoms with Crippen molar-refractivity contribution in [2.45, 2.75) is 4.90 Å². The van der Waals surface area contributed by atoms with Crippen LogP contribution in [0.3, 0.4) is 0 Å². The van der Waals surface area contributed by atoms with Gasteiger partial charge in [-0.05, 0) is 12.1 Å². The highest BCUT2D eigenvalue weighted by molar-refractivity contribution is 7.89. The van der Waals surface area contributed by atoms with E-state index in [-0.39, 0.29) is 22.3 Å². The Balaban J connectivity index is 2.71. The zero-order valence-electron chi connectivity index (χ0n) is 6.84. The number of sulfonamides is 1. The Morgan fingerprint density at radius 3 is 2.86 bits per heavy atom. The first kappa shape index (κ1) is 9.70. The number of anilines is 1. The minimum atomic E-state index is -3.54. The Morgan fingerprint density at radius 2 is 2.14 bits per heavy atom. The molecule has 0 bridgehead atoms. The largest absolute Gasteiger partial charge is 0.370 e. The molecule has 1 aliphatic rings. The van der Waals surface area contributed by atoms with Gasteiger partial charge in [0, 0.05) is 0 Å². The predicted molar refractivity (Wildman–Crippen MR) is 50.2 cm³/mol. The molecule has 0 fully saturated rings. The third kappa shape index (κ3) is 1.45. The number of benzene rings is 1. The van der Waals surface area contributed by atoms with E-state index >= 15 is 0 Å². The van der Waals surface area contributed by atoms with Gasteiger partial charge in [0.1, 0.15) is 10.7 Å². The highest BCUT2D eigenvalue weighted by atomic mass is 35.5. The Morgan fingerprint density at radius 1 is 1.43 bits per heavy atom. The van der Waals surface area contributed by atoms with E-state index in [4.69, 9.17) is 11.6 Å². The van der Waals surface area contributed by atoms with E-state index in [1.807, 2.05) is 0 Å². The van der Waals surface area contributed by atoms with Gasteiger partial charge in [0.2, 0.25) is 10.0 Å². The van der Waals surface area contributed by atoms with Crippen molar-refractivity contribution in [2.24, 2.45) is 0 Å². The molecule has 2 rings (SSSR count). The van der Waals surface area contributed by atoms with Gasteiger partial charge in [0.25, 0.3) is 0 Å². The molecule has 2 N–H and O–H groups in total. The zero-order valence-corrected chi connectivity index (χ0v) is 8.41. The molecule has 0 atom stereocenters. The van der Waals surface area contributed by atoms with E-state index in [0.717, 1.165) is 12.1 Å². The first-order valence-electron chi connectivity index (χ1n) is 3.73. The van der Waals surface area contributed by atoms with Crippen LogP contribution in [0.4, 0.5) is 10.1 Å². The Bertz CT molecular complexity index is 489. The normalized spacial score (nSPS) is 18.4. The van der Waals surface area contributed by atoms with Gasteiger partial charge >= 0.3 is 0 Å². The summed E-state index contributed by atoms with van der Waals surface area (Å²) in [5.41, 5.74) is 0.227. The fourth-order valence-corrected chi connectivity index (χ4v) is 2.53. The van der Waals surface area contributed by atoms with Crippen molar-refractivity contribution < 1.29 is 12.8 Å². The predicted octanol–water partition coefficient (Wildman–Crippen LogP) is 1.14. The molecule has 1 heterocycles. The van der Waals surface area contributed by atoms with E-state index in [1.165, 1.54) is 0 Å². The van der Waals surface area contributed by atoms with Crippen molar-refractivity contribution >= 4 is 27.3 Å². The number of hydrogen-bond acceptors (Lipinski definition) is 3. The van der Waals surface area contributed by atoms with E-state index in [0.29, 0.717) is 0 Å². The molecule has 1 aromatic rings. The maximum absolute atomic E-state index is 13.0. The number of rotatable bonds is 0. The number of fused-ring (bicyclic) bond motifs is 1. The summed E-state index contributed by atoms with van der Waals surface area (Å²) in [6, 6.07) is 2.15. The van der Waals surface area contributed by atoms with Crippen molar-refractivity contribution in [3.05, 3.63) is 23.0 Å². The maximum atomic E-state index is 13.0. The molecule has 1 aromatic carbocycles. The molecule has 1 aliphatic heterocycles. The lowest BCUT2D eigenvalue weighted by molar-refractivity contribution is 0.580. The molecule has 0 amide bonds. The van der Waals surface area contributed by atoms with Gasteiger partial charge in [0.05, 0.1) is 17.4 Å². The highest BCUT2D eigenvalue weighted by Crippen LogP contribution is 2.29. The Hall–Kier alpha value is -0.850. The molecule has 0 saturated heterocycles. The highest BCUT2D eigenvalue weighted by Gasteiger charge is 2.24. The van der Waals surface area contributed by atoms with Crippen LogP contribution in [0.25, 0.3) is 0 Å². The molecule has 0 aromatic heterocycles. The smallest absolute Gasteiger partial charge is 0.244 e. The van der Waals surface area contributed by atoms with Crippen molar-refractivity contribution in [1.29, 1.82) is 0 Å². The van der Waals surface area contributed by atoms with Crippen molar-refractivity contribution in [2.75, 3.05) is 12.0 Å². The minimum Gasteiger partial charge on any atom is -0.370 e. The van der Waals surface area contributed by atoms with Crippen LogP contribution < -0.4 is 10.0 Å². The van der Waals surface area contributed by atoms with Crippen molar-refractivity contribution in [1.82, 2.24) is 4.72 Å². The maximum Gasteiger partial charge on any atom is 0.244 e. The second kappa shape index (κ2) is 3.08. The van der Waals surface area contributed by atoms with Crippen LogP contribution in [-0.2, 0) is 10.0 Å². The second-order valence-electron chi connectivity index (χ2n) is 2.76. The standard InChI is InChI=1S/C7H6ClFN2O2S/c8-4-1-7-6(2-5(4)9)10-3-11-14(7,12)13/h1-2,10-11H,3H2. The Kier molecular flexibility index (Phi) is 2.13. The van der Waals surface area contributed by atoms with Gasteiger partial charge in [-0.3, -0.25) is 0 Å². The van der Waals surface area contributed by atoms with E-state index in [1.54, 1.807) is 0 Å². The molecule has 14 heavy (non-hydrogen) atoms. The van der Waals surface area contributed by atoms with Crippen LogP contribution in [0.2, 0.25) is 5.02 Å². The second-order valence-corrected chi connectivity index (χ2v) is 4.91. The minimum absolute atomic E-state index is 0.0323. The fourth-order valence-electron chi connectivity index (χ4n) is 1.19. The van der Waals surface area contributed by atoms with Crippen molar-refractivity contribution in [3.63, 3.8) is 0 Å².